The van der Waals surface area contributed by atoms with Crippen molar-refractivity contribution in [2.45, 2.75) is 38.3 Å². The van der Waals surface area contributed by atoms with Crippen molar-refractivity contribution in [2.75, 3.05) is 0 Å². The second-order valence-electron chi connectivity index (χ2n) is 5.25. The Morgan fingerprint density at radius 2 is 1.70 bits per heavy atom. The van der Waals surface area contributed by atoms with Crippen LogP contribution < -0.4 is 16.4 Å². The van der Waals surface area contributed by atoms with Crippen LogP contribution >= 0.6 is 0 Å². The van der Waals surface area contributed by atoms with Crippen molar-refractivity contribution >= 4 is 17.7 Å². The molecule has 6 heteroatoms. The molecule has 2 atom stereocenters. The molecule has 0 unspecified atom stereocenters. The zero-order chi connectivity index (χ0) is 17.2. The summed E-state index contributed by atoms with van der Waals surface area (Å²) in [5.74, 6) is -1.24. The van der Waals surface area contributed by atoms with E-state index in [1.807, 2.05) is 37.3 Å². The van der Waals surface area contributed by atoms with Gasteiger partial charge in [-0.3, -0.25) is 14.4 Å². The van der Waals surface area contributed by atoms with Gasteiger partial charge in [-0.1, -0.05) is 36.4 Å². The zero-order valence-electron chi connectivity index (χ0n) is 13.2. The van der Waals surface area contributed by atoms with Gasteiger partial charge in [0.05, 0.1) is 6.04 Å². The molecule has 1 rings (SSSR count). The molecule has 0 aromatic heterocycles. The predicted molar refractivity (Wildman–Crippen MR) is 88.2 cm³/mol. The van der Waals surface area contributed by atoms with Crippen molar-refractivity contribution in [3.8, 4) is 0 Å². The Morgan fingerprint density at radius 1 is 1.13 bits per heavy atom. The normalized spacial score (nSPS) is 12.7. The molecule has 0 bridgehead atoms. The molecular formula is C17H23N3O3. The Labute approximate surface area is 136 Å². The minimum Gasteiger partial charge on any atom is -0.368 e. The van der Waals surface area contributed by atoms with Gasteiger partial charge in [-0.2, -0.15) is 0 Å². The first-order valence-corrected chi connectivity index (χ1v) is 7.48. The lowest BCUT2D eigenvalue weighted by Crippen LogP contribution is -2.44. The molecule has 1 aromatic rings. The van der Waals surface area contributed by atoms with Gasteiger partial charge in [-0.05, 0) is 18.9 Å². The maximum absolute atomic E-state index is 11.9. The number of amides is 3. The molecule has 0 spiro atoms. The molecule has 0 saturated heterocycles. The summed E-state index contributed by atoms with van der Waals surface area (Å²) in [6, 6.07) is 8.62. The molecule has 6 nitrogen and oxygen atoms in total. The van der Waals surface area contributed by atoms with Crippen LogP contribution in [0.15, 0.2) is 43.0 Å². The van der Waals surface area contributed by atoms with Crippen molar-refractivity contribution in [3.05, 3.63) is 48.6 Å². The van der Waals surface area contributed by atoms with Gasteiger partial charge in [-0.25, -0.2) is 0 Å². The summed E-state index contributed by atoms with van der Waals surface area (Å²) < 4.78 is 0. The molecule has 3 amide bonds. The van der Waals surface area contributed by atoms with E-state index in [-0.39, 0.29) is 31.2 Å². The molecule has 0 aliphatic heterocycles. The third-order valence-electron chi connectivity index (χ3n) is 3.34. The number of benzene rings is 1. The number of primary amides is 1. The van der Waals surface area contributed by atoms with E-state index in [1.54, 1.807) is 0 Å². The van der Waals surface area contributed by atoms with Gasteiger partial charge < -0.3 is 16.4 Å². The van der Waals surface area contributed by atoms with E-state index in [9.17, 15) is 14.4 Å². The van der Waals surface area contributed by atoms with Crippen molar-refractivity contribution in [3.63, 3.8) is 0 Å². The standard InChI is InChI=1S/C17H23N3O3/c1-3-7-14(17(18)23)20-16(22)11-10-15(21)19-12(2)13-8-5-4-6-9-13/h3-6,8-9,12,14H,1,7,10-11H2,2H3,(H2,18,23)(H,19,21)(H,20,22)/t12-,14-/m1/s1. The lowest BCUT2D eigenvalue weighted by molar-refractivity contribution is -0.129. The Balaban J connectivity index is 2.39. The van der Waals surface area contributed by atoms with Crippen molar-refractivity contribution < 1.29 is 14.4 Å². The first kappa shape index (κ1) is 18.4. The number of hydrogen-bond acceptors (Lipinski definition) is 3. The maximum Gasteiger partial charge on any atom is 0.240 e. The topological polar surface area (TPSA) is 101 Å². The second kappa shape index (κ2) is 9.40. The molecule has 0 aliphatic carbocycles. The number of nitrogens with one attached hydrogen (secondary N) is 2. The number of carbonyl (C=O) groups excluding carboxylic acids is 3. The van der Waals surface area contributed by atoms with E-state index >= 15 is 0 Å². The molecule has 4 N–H and O–H groups in total. The van der Waals surface area contributed by atoms with Gasteiger partial charge in [0.25, 0.3) is 0 Å². The van der Waals surface area contributed by atoms with E-state index in [4.69, 9.17) is 5.73 Å². The molecule has 0 fully saturated rings. The largest absolute Gasteiger partial charge is 0.368 e. The zero-order valence-corrected chi connectivity index (χ0v) is 13.2. The van der Waals surface area contributed by atoms with Crippen LogP contribution in [-0.2, 0) is 14.4 Å². The Hall–Kier alpha value is -2.63. The molecule has 0 radical (unpaired) electrons. The van der Waals surface area contributed by atoms with Crippen LogP contribution in [0.1, 0.15) is 37.8 Å². The smallest absolute Gasteiger partial charge is 0.240 e. The van der Waals surface area contributed by atoms with Gasteiger partial charge in [0, 0.05) is 12.8 Å². The van der Waals surface area contributed by atoms with Crippen LogP contribution in [-0.4, -0.2) is 23.8 Å². The van der Waals surface area contributed by atoms with Gasteiger partial charge in [0.2, 0.25) is 17.7 Å². The van der Waals surface area contributed by atoms with Crippen LogP contribution in [0, 0.1) is 0 Å². The number of rotatable bonds is 9. The molecule has 0 heterocycles. The maximum atomic E-state index is 11.9. The highest BCUT2D eigenvalue weighted by molar-refractivity contribution is 5.88. The first-order valence-electron chi connectivity index (χ1n) is 7.48. The molecule has 0 aliphatic rings. The second-order valence-corrected chi connectivity index (χ2v) is 5.25. The number of hydrogen-bond donors (Lipinski definition) is 3. The Morgan fingerprint density at radius 3 is 2.22 bits per heavy atom. The fraction of sp³-hybridized carbons (Fsp3) is 0.353. The molecule has 0 saturated carbocycles. The van der Waals surface area contributed by atoms with Gasteiger partial charge in [0.15, 0.2) is 0 Å². The van der Waals surface area contributed by atoms with Gasteiger partial charge in [-0.15, -0.1) is 6.58 Å². The van der Waals surface area contributed by atoms with Crippen LogP contribution in [0.2, 0.25) is 0 Å². The third-order valence-corrected chi connectivity index (χ3v) is 3.34. The van der Waals surface area contributed by atoms with Crippen molar-refractivity contribution in [2.24, 2.45) is 5.73 Å². The van der Waals surface area contributed by atoms with Gasteiger partial charge >= 0.3 is 0 Å². The predicted octanol–water partition coefficient (Wildman–Crippen LogP) is 1.19. The average molecular weight is 317 g/mol. The summed E-state index contributed by atoms with van der Waals surface area (Å²) in [5.41, 5.74) is 6.17. The van der Waals surface area contributed by atoms with Crippen molar-refractivity contribution in [1.82, 2.24) is 10.6 Å². The summed E-state index contributed by atoms with van der Waals surface area (Å²) in [7, 11) is 0. The van der Waals surface area contributed by atoms with Crippen LogP contribution in [0.25, 0.3) is 0 Å². The number of nitrogens with two attached hydrogens (primary N) is 1. The monoisotopic (exact) mass is 317 g/mol. The molecule has 1 aromatic carbocycles. The van der Waals surface area contributed by atoms with Crippen LogP contribution in [0.4, 0.5) is 0 Å². The Kier molecular flexibility index (Phi) is 7.53. The average Bonchev–Trinajstić information content (AvgIpc) is 2.53. The summed E-state index contributed by atoms with van der Waals surface area (Å²) in [6.45, 7) is 5.38. The highest BCUT2D eigenvalue weighted by Gasteiger charge is 2.17. The lowest BCUT2D eigenvalue weighted by Gasteiger charge is -2.15. The minimum atomic E-state index is -0.786. The van der Waals surface area contributed by atoms with E-state index in [1.165, 1.54) is 6.08 Å². The van der Waals surface area contributed by atoms with Crippen LogP contribution in [0.5, 0.6) is 0 Å². The van der Waals surface area contributed by atoms with Crippen LogP contribution in [0.3, 0.4) is 0 Å². The third kappa shape index (κ3) is 6.78. The highest BCUT2D eigenvalue weighted by Crippen LogP contribution is 2.11. The molecule has 124 valence electrons. The summed E-state index contributed by atoms with van der Waals surface area (Å²) in [4.78, 5) is 34.8. The molecule has 23 heavy (non-hydrogen) atoms. The van der Waals surface area contributed by atoms with E-state index in [0.717, 1.165) is 5.56 Å². The minimum absolute atomic E-state index is 0.00569. The van der Waals surface area contributed by atoms with E-state index in [2.05, 4.69) is 17.2 Å². The summed E-state index contributed by atoms with van der Waals surface area (Å²) >= 11 is 0. The summed E-state index contributed by atoms with van der Waals surface area (Å²) in [5, 5.41) is 5.32. The highest BCUT2D eigenvalue weighted by atomic mass is 16.2. The van der Waals surface area contributed by atoms with Crippen molar-refractivity contribution in [1.29, 1.82) is 0 Å². The lowest BCUT2D eigenvalue weighted by atomic mass is 10.1. The van der Waals surface area contributed by atoms with E-state index < -0.39 is 17.9 Å². The summed E-state index contributed by atoms with van der Waals surface area (Å²) in [6.07, 6.45) is 1.80. The Bertz CT molecular complexity index is 557. The quantitative estimate of drug-likeness (QED) is 0.596. The SMILES string of the molecule is C=CC[C@@H](NC(=O)CCC(=O)N[C@H](C)c1ccccc1)C(N)=O. The number of carbonyl (C=O) groups is 3. The fourth-order valence-electron chi connectivity index (χ4n) is 2.05. The van der Waals surface area contributed by atoms with E-state index in [0.29, 0.717) is 0 Å². The first-order chi connectivity index (χ1) is 10.9. The van der Waals surface area contributed by atoms with Gasteiger partial charge in [0.1, 0.15) is 6.04 Å². The molecular weight excluding hydrogens is 294 g/mol. The fourth-order valence-corrected chi connectivity index (χ4v) is 2.05.